The summed E-state index contributed by atoms with van der Waals surface area (Å²) in [6.45, 7) is 1.69. The van der Waals surface area contributed by atoms with Gasteiger partial charge in [-0.3, -0.25) is 0 Å². The molecule has 0 fully saturated rings. The zero-order valence-electron chi connectivity index (χ0n) is 7.53. The first kappa shape index (κ1) is 10.6. The molecule has 3 nitrogen and oxygen atoms in total. The smallest absolute Gasteiger partial charge is 0.328 e. The Morgan fingerprint density at radius 2 is 2.29 bits per heavy atom. The maximum atomic E-state index is 10.3. The molecule has 0 atom stereocenters. The third kappa shape index (κ3) is 3.49. The van der Waals surface area contributed by atoms with Crippen LogP contribution in [0.2, 0.25) is 5.22 Å². The van der Waals surface area contributed by atoms with Gasteiger partial charge in [-0.15, -0.1) is 0 Å². The van der Waals surface area contributed by atoms with E-state index >= 15 is 0 Å². The third-order valence-corrected chi connectivity index (χ3v) is 1.66. The fourth-order valence-corrected chi connectivity index (χ4v) is 1.03. The van der Waals surface area contributed by atoms with Gasteiger partial charge in [-0.05, 0) is 42.3 Å². The Morgan fingerprint density at radius 3 is 2.79 bits per heavy atom. The molecule has 0 amide bonds. The van der Waals surface area contributed by atoms with Crippen molar-refractivity contribution in [1.29, 1.82) is 0 Å². The van der Waals surface area contributed by atoms with Crippen molar-refractivity contribution in [2.45, 2.75) is 6.92 Å². The summed E-state index contributed by atoms with van der Waals surface area (Å²) in [5.74, 6) is -0.377. The van der Waals surface area contributed by atoms with E-state index in [-0.39, 0.29) is 0 Å². The maximum Gasteiger partial charge on any atom is 0.328 e. The van der Waals surface area contributed by atoms with Crippen molar-refractivity contribution in [1.82, 2.24) is 0 Å². The third-order valence-electron chi connectivity index (χ3n) is 1.46. The van der Waals surface area contributed by atoms with Gasteiger partial charge >= 0.3 is 5.97 Å². The first-order valence-electron chi connectivity index (χ1n) is 3.92. The van der Waals surface area contributed by atoms with Gasteiger partial charge in [0, 0.05) is 6.08 Å². The summed E-state index contributed by atoms with van der Waals surface area (Å²) in [6.07, 6.45) is 4.41. The minimum atomic E-state index is -0.968. The summed E-state index contributed by atoms with van der Waals surface area (Å²) in [6, 6.07) is 3.32. The van der Waals surface area contributed by atoms with E-state index in [9.17, 15) is 4.79 Å². The highest BCUT2D eigenvalue weighted by molar-refractivity contribution is 6.28. The quantitative estimate of drug-likeness (QED) is 0.619. The van der Waals surface area contributed by atoms with Crippen LogP contribution in [0.15, 0.2) is 34.3 Å². The maximum absolute atomic E-state index is 10.3. The monoisotopic (exact) mass is 212 g/mol. The predicted octanol–water partition coefficient (Wildman–Crippen LogP) is 2.98. The van der Waals surface area contributed by atoms with Gasteiger partial charge in [-0.1, -0.05) is 6.08 Å². The van der Waals surface area contributed by atoms with Gasteiger partial charge in [-0.25, -0.2) is 4.79 Å². The van der Waals surface area contributed by atoms with Crippen LogP contribution in [-0.4, -0.2) is 11.1 Å². The van der Waals surface area contributed by atoms with Gasteiger partial charge in [0.1, 0.15) is 5.76 Å². The van der Waals surface area contributed by atoms with E-state index in [1.54, 1.807) is 31.2 Å². The number of hydrogen-bond acceptors (Lipinski definition) is 2. The summed E-state index contributed by atoms with van der Waals surface area (Å²) < 4.78 is 5.04. The molecule has 0 spiro atoms. The molecule has 0 saturated carbocycles. The van der Waals surface area contributed by atoms with E-state index in [0.717, 1.165) is 6.08 Å². The molecule has 0 aliphatic rings. The second kappa shape index (κ2) is 4.67. The number of halogens is 1. The molecule has 1 heterocycles. The normalized spacial score (nSPS) is 12.3. The number of allylic oxidation sites excluding steroid dienone is 2. The number of rotatable bonds is 3. The minimum Gasteiger partial charge on any atom is -0.478 e. The van der Waals surface area contributed by atoms with Crippen molar-refractivity contribution in [2.24, 2.45) is 0 Å². The number of aliphatic carboxylic acids is 1. The molecule has 4 heteroatoms. The zero-order chi connectivity index (χ0) is 10.6. The molecular formula is C10H9ClO3. The Labute approximate surface area is 86.3 Å². The van der Waals surface area contributed by atoms with Crippen LogP contribution in [0.1, 0.15) is 12.7 Å². The molecule has 0 radical (unpaired) electrons. The molecule has 0 bridgehead atoms. The van der Waals surface area contributed by atoms with Crippen LogP contribution in [0.25, 0.3) is 6.08 Å². The molecule has 0 aliphatic carbocycles. The van der Waals surface area contributed by atoms with Crippen molar-refractivity contribution in [3.63, 3.8) is 0 Å². The van der Waals surface area contributed by atoms with Crippen molar-refractivity contribution in [3.8, 4) is 0 Å². The van der Waals surface area contributed by atoms with Crippen LogP contribution in [-0.2, 0) is 4.79 Å². The van der Waals surface area contributed by atoms with Crippen LogP contribution in [0.4, 0.5) is 0 Å². The fraction of sp³-hybridized carbons (Fsp3) is 0.100. The van der Waals surface area contributed by atoms with Crippen molar-refractivity contribution in [2.75, 3.05) is 0 Å². The van der Waals surface area contributed by atoms with Crippen molar-refractivity contribution < 1.29 is 14.3 Å². The molecule has 1 rings (SSSR count). The van der Waals surface area contributed by atoms with E-state index < -0.39 is 5.97 Å². The molecule has 0 unspecified atom stereocenters. The highest BCUT2D eigenvalue weighted by Gasteiger charge is 1.94. The average Bonchev–Trinajstić information content (AvgIpc) is 2.47. The number of carboxylic acids is 1. The van der Waals surface area contributed by atoms with Crippen LogP contribution in [0.5, 0.6) is 0 Å². The average molecular weight is 213 g/mol. The van der Waals surface area contributed by atoms with Gasteiger partial charge < -0.3 is 9.52 Å². The number of furan rings is 1. The van der Waals surface area contributed by atoms with Crippen LogP contribution < -0.4 is 0 Å². The highest BCUT2D eigenvalue weighted by atomic mass is 35.5. The summed E-state index contributed by atoms with van der Waals surface area (Å²) in [4.78, 5) is 10.3. The molecule has 14 heavy (non-hydrogen) atoms. The van der Waals surface area contributed by atoms with Crippen molar-refractivity contribution in [3.05, 3.63) is 40.8 Å². The molecule has 0 aliphatic heterocycles. The molecule has 0 saturated heterocycles. The molecule has 74 valence electrons. The SMILES string of the molecule is CC(/C=C/c1ccc(Cl)o1)=C\C(=O)O. The second-order valence-electron chi connectivity index (χ2n) is 2.70. The topological polar surface area (TPSA) is 50.4 Å². The summed E-state index contributed by atoms with van der Waals surface area (Å²) in [7, 11) is 0. The minimum absolute atomic E-state index is 0.310. The summed E-state index contributed by atoms with van der Waals surface area (Å²) >= 11 is 5.55. The Kier molecular flexibility index (Phi) is 3.54. The molecule has 0 aromatic carbocycles. The lowest BCUT2D eigenvalue weighted by molar-refractivity contribution is -0.131. The Bertz CT molecular complexity index is 388. The largest absolute Gasteiger partial charge is 0.478 e. The van der Waals surface area contributed by atoms with E-state index in [2.05, 4.69) is 0 Å². The summed E-state index contributed by atoms with van der Waals surface area (Å²) in [5, 5.41) is 8.74. The number of carboxylic acid groups (broad SMARTS) is 1. The predicted molar refractivity (Wildman–Crippen MR) is 54.1 cm³/mol. The summed E-state index contributed by atoms with van der Waals surface area (Å²) in [5.41, 5.74) is 0.630. The molecule has 1 N–H and O–H groups in total. The van der Waals surface area contributed by atoms with E-state index in [0.29, 0.717) is 16.6 Å². The van der Waals surface area contributed by atoms with E-state index in [1.165, 1.54) is 0 Å². The number of hydrogen-bond donors (Lipinski definition) is 1. The van der Waals surface area contributed by atoms with Gasteiger partial charge in [0.15, 0.2) is 5.22 Å². The van der Waals surface area contributed by atoms with Gasteiger partial charge in [-0.2, -0.15) is 0 Å². The first-order chi connectivity index (χ1) is 6.58. The van der Waals surface area contributed by atoms with Crippen LogP contribution >= 0.6 is 11.6 Å². The van der Waals surface area contributed by atoms with E-state index in [1.807, 2.05) is 0 Å². The zero-order valence-corrected chi connectivity index (χ0v) is 8.28. The molecule has 1 aromatic heterocycles. The van der Waals surface area contributed by atoms with Crippen molar-refractivity contribution >= 4 is 23.6 Å². The van der Waals surface area contributed by atoms with Crippen LogP contribution in [0, 0.1) is 0 Å². The standard InChI is InChI=1S/C10H9ClO3/c1-7(6-10(12)13)2-3-8-4-5-9(11)14-8/h2-6H,1H3,(H,12,13)/b3-2+,7-6+. The van der Waals surface area contributed by atoms with Gasteiger partial charge in [0.25, 0.3) is 0 Å². The lowest BCUT2D eigenvalue weighted by Crippen LogP contribution is -1.87. The lowest BCUT2D eigenvalue weighted by atomic mass is 10.2. The fourth-order valence-electron chi connectivity index (χ4n) is 0.874. The van der Waals surface area contributed by atoms with Gasteiger partial charge in [0.2, 0.25) is 0 Å². The molecular weight excluding hydrogens is 204 g/mol. The first-order valence-corrected chi connectivity index (χ1v) is 4.30. The molecule has 1 aromatic rings. The second-order valence-corrected chi connectivity index (χ2v) is 3.07. The van der Waals surface area contributed by atoms with Crippen LogP contribution in [0.3, 0.4) is 0 Å². The Morgan fingerprint density at radius 1 is 1.57 bits per heavy atom. The number of carbonyl (C=O) groups is 1. The Balaban J connectivity index is 2.69. The lowest BCUT2D eigenvalue weighted by Gasteiger charge is -1.88. The Hall–Kier alpha value is -1.48. The highest BCUT2D eigenvalue weighted by Crippen LogP contribution is 2.14. The van der Waals surface area contributed by atoms with Gasteiger partial charge in [0.05, 0.1) is 0 Å². The van der Waals surface area contributed by atoms with E-state index in [4.69, 9.17) is 21.1 Å².